The van der Waals surface area contributed by atoms with Gasteiger partial charge in [0.1, 0.15) is 0 Å². The fourth-order valence-electron chi connectivity index (χ4n) is 2.99. The van der Waals surface area contributed by atoms with Gasteiger partial charge in [-0.2, -0.15) is 0 Å². The van der Waals surface area contributed by atoms with Gasteiger partial charge in [0.2, 0.25) is 0 Å². The minimum atomic E-state index is -0.262. The molecule has 2 aliphatic carbocycles. The van der Waals surface area contributed by atoms with Gasteiger partial charge in [0.05, 0.1) is 19.3 Å². The average molecular weight is 170 g/mol. The Balaban J connectivity index is 1.79. The third-order valence-corrected chi connectivity index (χ3v) is 3.65. The molecule has 0 amide bonds. The van der Waals surface area contributed by atoms with Crippen LogP contribution in [0.1, 0.15) is 19.3 Å². The molecule has 3 rings (SSSR count). The molecule has 0 radical (unpaired) electrons. The molecule has 3 aliphatic rings. The lowest BCUT2D eigenvalue weighted by molar-refractivity contribution is -0.275. The van der Waals surface area contributed by atoms with Crippen LogP contribution in [0, 0.1) is 11.8 Å². The van der Waals surface area contributed by atoms with E-state index in [1.165, 1.54) is 0 Å². The van der Waals surface area contributed by atoms with Crippen LogP contribution in [0.3, 0.4) is 0 Å². The van der Waals surface area contributed by atoms with Crippen molar-refractivity contribution in [2.75, 3.05) is 13.2 Å². The van der Waals surface area contributed by atoms with Crippen LogP contribution >= 0.6 is 0 Å². The Morgan fingerprint density at radius 3 is 2.58 bits per heavy atom. The summed E-state index contributed by atoms with van der Waals surface area (Å²) < 4.78 is 11.2. The summed E-state index contributed by atoms with van der Waals surface area (Å²) in [6.07, 6.45) is 2.84. The van der Waals surface area contributed by atoms with Crippen molar-refractivity contribution in [3.05, 3.63) is 0 Å². The second kappa shape index (κ2) is 2.22. The number of rotatable bonds is 0. The minimum Gasteiger partial charge on any atom is -0.393 e. The lowest BCUT2D eigenvalue weighted by Crippen LogP contribution is -2.54. The molecule has 1 unspecified atom stereocenters. The van der Waals surface area contributed by atoms with Gasteiger partial charge in [0.15, 0.2) is 5.79 Å². The molecule has 1 heterocycles. The monoisotopic (exact) mass is 170 g/mol. The molecule has 12 heavy (non-hydrogen) atoms. The molecule has 3 fully saturated rings. The Morgan fingerprint density at radius 1 is 1.17 bits per heavy atom. The normalized spacial score (nSPS) is 49.2. The summed E-state index contributed by atoms with van der Waals surface area (Å²) in [7, 11) is 0. The first-order valence-electron chi connectivity index (χ1n) is 4.78. The van der Waals surface area contributed by atoms with E-state index in [0.717, 1.165) is 32.5 Å². The van der Waals surface area contributed by atoms with Crippen molar-refractivity contribution in [1.82, 2.24) is 0 Å². The maximum Gasteiger partial charge on any atom is 0.172 e. The molecule has 2 saturated carbocycles. The van der Waals surface area contributed by atoms with Gasteiger partial charge in [-0.05, 0) is 18.8 Å². The average Bonchev–Trinajstić information content (AvgIpc) is 2.57. The van der Waals surface area contributed by atoms with Crippen LogP contribution in [-0.4, -0.2) is 30.2 Å². The van der Waals surface area contributed by atoms with Gasteiger partial charge in [-0.1, -0.05) is 0 Å². The van der Waals surface area contributed by atoms with Crippen molar-refractivity contribution < 1.29 is 14.6 Å². The minimum absolute atomic E-state index is 0.0894. The third kappa shape index (κ3) is 0.721. The predicted octanol–water partition coefficient (Wildman–Crippen LogP) is 0.520. The zero-order valence-corrected chi connectivity index (χ0v) is 7.03. The van der Waals surface area contributed by atoms with Crippen LogP contribution in [-0.2, 0) is 9.47 Å². The van der Waals surface area contributed by atoms with E-state index >= 15 is 0 Å². The Bertz CT molecular complexity index is 198. The molecule has 1 spiro atoms. The summed E-state index contributed by atoms with van der Waals surface area (Å²) in [6, 6.07) is 0. The van der Waals surface area contributed by atoms with E-state index < -0.39 is 0 Å². The van der Waals surface area contributed by atoms with Gasteiger partial charge >= 0.3 is 0 Å². The van der Waals surface area contributed by atoms with Gasteiger partial charge < -0.3 is 14.6 Å². The molecule has 0 aromatic rings. The smallest absolute Gasteiger partial charge is 0.172 e. The first-order chi connectivity index (χ1) is 5.82. The molecule has 3 atom stereocenters. The molecule has 0 aromatic heterocycles. The number of hydrogen-bond donors (Lipinski definition) is 1. The van der Waals surface area contributed by atoms with Crippen molar-refractivity contribution in [2.24, 2.45) is 11.8 Å². The summed E-state index contributed by atoms with van der Waals surface area (Å²) in [5.74, 6) is 0.681. The SMILES string of the molecule is OC1CC[C@@H]2[C@H]1CC21OCCO1. The summed E-state index contributed by atoms with van der Waals surface area (Å²) >= 11 is 0. The zero-order valence-electron chi connectivity index (χ0n) is 7.03. The second-order valence-electron chi connectivity index (χ2n) is 4.13. The van der Waals surface area contributed by atoms with Crippen LogP contribution in [0.2, 0.25) is 0 Å². The number of hydrogen-bond acceptors (Lipinski definition) is 3. The summed E-state index contributed by atoms with van der Waals surface area (Å²) in [5.41, 5.74) is 0. The van der Waals surface area contributed by atoms with E-state index in [-0.39, 0.29) is 11.9 Å². The van der Waals surface area contributed by atoms with E-state index in [2.05, 4.69) is 0 Å². The van der Waals surface area contributed by atoms with Crippen molar-refractivity contribution in [1.29, 1.82) is 0 Å². The van der Waals surface area contributed by atoms with Gasteiger partial charge in [0.25, 0.3) is 0 Å². The lowest BCUT2D eigenvalue weighted by Gasteiger charge is -2.48. The molecular formula is C9H14O3. The first kappa shape index (κ1) is 7.30. The first-order valence-corrected chi connectivity index (χ1v) is 4.78. The number of ether oxygens (including phenoxy) is 2. The van der Waals surface area contributed by atoms with Crippen molar-refractivity contribution >= 4 is 0 Å². The predicted molar refractivity (Wildman–Crippen MR) is 41.5 cm³/mol. The Labute approximate surface area is 71.7 Å². The molecule has 1 saturated heterocycles. The lowest BCUT2D eigenvalue weighted by atomic mass is 9.69. The molecular weight excluding hydrogens is 156 g/mol. The molecule has 0 aromatic carbocycles. The number of aliphatic hydroxyl groups excluding tert-OH is 1. The zero-order chi connectivity index (χ0) is 8.18. The molecule has 1 N–H and O–H groups in total. The fraction of sp³-hybridized carbons (Fsp3) is 1.00. The van der Waals surface area contributed by atoms with E-state index in [9.17, 15) is 5.11 Å². The maximum absolute atomic E-state index is 9.55. The standard InChI is InChI=1S/C9H14O3/c10-8-2-1-7-6(8)5-9(7)11-3-4-12-9/h6-8,10H,1-5H2/t6-,7-,8?/m1/s1. The Hall–Kier alpha value is -0.120. The fourth-order valence-corrected chi connectivity index (χ4v) is 2.99. The van der Waals surface area contributed by atoms with Crippen LogP contribution in [0.5, 0.6) is 0 Å². The van der Waals surface area contributed by atoms with Crippen LogP contribution < -0.4 is 0 Å². The van der Waals surface area contributed by atoms with E-state index in [1.54, 1.807) is 0 Å². The Kier molecular flexibility index (Phi) is 1.35. The van der Waals surface area contributed by atoms with Crippen LogP contribution in [0.25, 0.3) is 0 Å². The highest BCUT2D eigenvalue weighted by molar-refractivity contribution is 5.05. The molecule has 0 bridgehead atoms. The number of aliphatic hydroxyl groups is 1. The molecule has 3 nitrogen and oxygen atoms in total. The highest BCUT2D eigenvalue weighted by atomic mass is 16.7. The van der Waals surface area contributed by atoms with E-state index in [0.29, 0.717) is 11.8 Å². The van der Waals surface area contributed by atoms with Gasteiger partial charge in [-0.3, -0.25) is 0 Å². The maximum atomic E-state index is 9.55. The summed E-state index contributed by atoms with van der Waals surface area (Å²) in [4.78, 5) is 0. The van der Waals surface area contributed by atoms with Gasteiger partial charge in [-0.25, -0.2) is 0 Å². The van der Waals surface area contributed by atoms with Crippen molar-refractivity contribution in [2.45, 2.75) is 31.2 Å². The molecule has 1 aliphatic heterocycles. The third-order valence-electron chi connectivity index (χ3n) is 3.65. The topological polar surface area (TPSA) is 38.7 Å². The van der Waals surface area contributed by atoms with Crippen LogP contribution in [0.4, 0.5) is 0 Å². The van der Waals surface area contributed by atoms with Gasteiger partial charge in [0, 0.05) is 12.3 Å². The highest BCUT2D eigenvalue weighted by Gasteiger charge is 2.62. The molecule has 68 valence electrons. The van der Waals surface area contributed by atoms with Gasteiger partial charge in [-0.15, -0.1) is 0 Å². The second-order valence-corrected chi connectivity index (χ2v) is 4.13. The molecule has 3 heteroatoms. The Morgan fingerprint density at radius 2 is 1.92 bits per heavy atom. The van der Waals surface area contributed by atoms with Crippen molar-refractivity contribution in [3.63, 3.8) is 0 Å². The largest absolute Gasteiger partial charge is 0.393 e. The quantitative estimate of drug-likeness (QED) is 0.576. The summed E-state index contributed by atoms with van der Waals surface area (Å²) in [5, 5.41) is 9.55. The van der Waals surface area contributed by atoms with E-state index in [4.69, 9.17) is 9.47 Å². The summed E-state index contributed by atoms with van der Waals surface area (Å²) in [6.45, 7) is 1.47. The van der Waals surface area contributed by atoms with Crippen molar-refractivity contribution in [3.8, 4) is 0 Å². The number of fused-ring (bicyclic) bond motifs is 2. The highest BCUT2D eigenvalue weighted by Crippen LogP contribution is 2.57. The van der Waals surface area contributed by atoms with Crippen LogP contribution in [0.15, 0.2) is 0 Å². The van der Waals surface area contributed by atoms with E-state index in [1.807, 2.05) is 0 Å².